The van der Waals surface area contributed by atoms with Gasteiger partial charge >= 0.3 is 0 Å². The van der Waals surface area contributed by atoms with Crippen LogP contribution in [0.4, 0.5) is 0 Å². The first-order valence-electron chi connectivity index (χ1n) is 5.80. The molecule has 1 rings (SSSR count). The average molecular weight is 243 g/mol. The van der Waals surface area contributed by atoms with Crippen molar-refractivity contribution >= 4 is 11.5 Å². The molecule has 0 radical (unpaired) electrons. The Balaban J connectivity index is 2.21. The van der Waals surface area contributed by atoms with E-state index in [1.165, 1.54) is 11.5 Å². The minimum Gasteiger partial charge on any atom is -0.396 e. The predicted molar refractivity (Wildman–Crippen MR) is 66.3 cm³/mol. The van der Waals surface area contributed by atoms with Gasteiger partial charge in [-0.15, -0.1) is 5.10 Å². The SMILES string of the molecule is CC(C)CC(CCO)CNCc1csnn1. The molecule has 1 atom stereocenters. The van der Waals surface area contributed by atoms with Gasteiger partial charge in [0, 0.05) is 18.5 Å². The number of hydrogen-bond donors (Lipinski definition) is 2. The van der Waals surface area contributed by atoms with Crippen molar-refractivity contribution in [2.24, 2.45) is 11.8 Å². The number of aliphatic hydroxyl groups is 1. The van der Waals surface area contributed by atoms with Gasteiger partial charge in [-0.3, -0.25) is 0 Å². The summed E-state index contributed by atoms with van der Waals surface area (Å²) in [4.78, 5) is 0. The van der Waals surface area contributed by atoms with E-state index in [1.54, 1.807) is 0 Å². The first kappa shape index (κ1) is 13.5. The largest absolute Gasteiger partial charge is 0.396 e. The molecule has 16 heavy (non-hydrogen) atoms. The van der Waals surface area contributed by atoms with Crippen LogP contribution in [0.5, 0.6) is 0 Å². The van der Waals surface area contributed by atoms with Gasteiger partial charge in [0.05, 0.1) is 5.69 Å². The molecule has 0 saturated heterocycles. The summed E-state index contributed by atoms with van der Waals surface area (Å²) in [5.74, 6) is 1.23. The van der Waals surface area contributed by atoms with Gasteiger partial charge in [0.15, 0.2) is 0 Å². The maximum atomic E-state index is 8.98. The Kier molecular flexibility index (Phi) is 6.52. The molecule has 0 saturated carbocycles. The van der Waals surface area contributed by atoms with Crippen molar-refractivity contribution in [3.05, 3.63) is 11.1 Å². The fourth-order valence-electron chi connectivity index (χ4n) is 1.82. The molecule has 92 valence electrons. The van der Waals surface area contributed by atoms with Crippen molar-refractivity contribution in [1.29, 1.82) is 0 Å². The highest BCUT2D eigenvalue weighted by atomic mass is 32.1. The normalized spacial score (nSPS) is 13.2. The first-order chi connectivity index (χ1) is 7.72. The summed E-state index contributed by atoms with van der Waals surface area (Å²) < 4.78 is 3.82. The van der Waals surface area contributed by atoms with Gasteiger partial charge in [-0.1, -0.05) is 18.3 Å². The minimum absolute atomic E-state index is 0.275. The smallest absolute Gasteiger partial charge is 0.0893 e. The highest BCUT2D eigenvalue weighted by molar-refractivity contribution is 7.03. The highest BCUT2D eigenvalue weighted by Gasteiger charge is 2.10. The third kappa shape index (κ3) is 5.53. The molecule has 5 heteroatoms. The zero-order valence-corrected chi connectivity index (χ0v) is 10.8. The van der Waals surface area contributed by atoms with Gasteiger partial charge < -0.3 is 10.4 Å². The lowest BCUT2D eigenvalue weighted by molar-refractivity contribution is 0.239. The maximum absolute atomic E-state index is 8.98. The van der Waals surface area contributed by atoms with Crippen LogP contribution in [0.25, 0.3) is 0 Å². The minimum atomic E-state index is 0.275. The standard InChI is InChI=1S/C11H21N3OS/c1-9(2)5-10(3-4-15)6-12-7-11-8-16-14-13-11/h8-10,12,15H,3-7H2,1-2H3. The van der Waals surface area contributed by atoms with Gasteiger partial charge in [0.25, 0.3) is 0 Å². The summed E-state index contributed by atoms with van der Waals surface area (Å²) in [5, 5.41) is 18.3. The summed E-state index contributed by atoms with van der Waals surface area (Å²) in [7, 11) is 0. The fraction of sp³-hybridized carbons (Fsp3) is 0.818. The molecule has 0 aliphatic carbocycles. The van der Waals surface area contributed by atoms with Crippen LogP contribution in [0.15, 0.2) is 5.38 Å². The predicted octanol–water partition coefficient (Wildman–Crippen LogP) is 1.67. The number of hydrogen-bond acceptors (Lipinski definition) is 5. The van der Waals surface area contributed by atoms with Crippen LogP contribution in [0.2, 0.25) is 0 Å². The van der Waals surface area contributed by atoms with Crippen LogP contribution in [-0.4, -0.2) is 27.8 Å². The molecule has 0 spiro atoms. The molecule has 0 aromatic carbocycles. The van der Waals surface area contributed by atoms with Gasteiger partial charge in [0.2, 0.25) is 0 Å². The Morgan fingerprint density at radius 3 is 2.88 bits per heavy atom. The van der Waals surface area contributed by atoms with E-state index < -0.39 is 0 Å². The number of rotatable bonds is 8. The second-order valence-electron chi connectivity index (χ2n) is 4.54. The quantitative estimate of drug-likeness (QED) is 0.729. The van der Waals surface area contributed by atoms with Crippen molar-refractivity contribution in [1.82, 2.24) is 14.9 Å². The molecular formula is C11H21N3OS. The van der Waals surface area contributed by atoms with Crippen LogP contribution < -0.4 is 5.32 Å². The molecular weight excluding hydrogens is 222 g/mol. The Morgan fingerprint density at radius 2 is 2.31 bits per heavy atom. The lowest BCUT2D eigenvalue weighted by Crippen LogP contribution is -2.24. The van der Waals surface area contributed by atoms with Gasteiger partial charge in [-0.05, 0) is 42.8 Å². The number of aromatic nitrogens is 2. The zero-order valence-electron chi connectivity index (χ0n) is 10.0. The molecule has 2 N–H and O–H groups in total. The van der Waals surface area contributed by atoms with Gasteiger partial charge in [0.1, 0.15) is 0 Å². The maximum Gasteiger partial charge on any atom is 0.0893 e. The van der Waals surface area contributed by atoms with E-state index in [4.69, 9.17) is 5.11 Å². The fourth-order valence-corrected chi connectivity index (χ4v) is 2.27. The van der Waals surface area contributed by atoms with E-state index in [0.29, 0.717) is 11.8 Å². The lowest BCUT2D eigenvalue weighted by Gasteiger charge is -2.18. The van der Waals surface area contributed by atoms with E-state index in [2.05, 4.69) is 28.8 Å². The molecule has 1 heterocycles. The Hall–Kier alpha value is -0.520. The molecule has 1 aromatic heterocycles. The van der Waals surface area contributed by atoms with Crippen molar-refractivity contribution in [3.8, 4) is 0 Å². The molecule has 0 bridgehead atoms. The third-order valence-corrected chi connectivity index (χ3v) is 3.04. The summed E-state index contributed by atoms with van der Waals surface area (Å²) in [5.41, 5.74) is 0.997. The molecule has 4 nitrogen and oxygen atoms in total. The summed E-state index contributed by atoms with van der Waals surface area (Å²) in [6, 6.07) is 0. The summed E-state index contributed by atoms with van der Waals surface area (Å²) in [6.45, 7) is 6.42. The first-order valence-corrected chi connectivity index (χ1v) is 6.63. The lowest BCUT2D eigenvalue weighted by atomic mass is 9.94. The van der Waals surface area contributed by atoms with Crippen molar-refractivity contribution in [2.45, 2.75) is 33.2 Å². The van der Waals surface area contributed by atoms with Crippen LogP contribution in [0.1, 0.15) is 32.4 Å². The average Bonchev–Trinajstić information content (AvgIpc) is 2.70. The van der Waals surface area contributed by atoms with Crippen LogP contribution in [0.3, 0.4) is 0 Å². The monoisotopic (exact) mass is 243 g/mol. The van der Waals surface area contributed by atoms with Crippen LogP contribution in [0, 0.1) is 11.8 Å². The van der Waals surface area contributed by atoms with E-state index in [1.807, 2.05) is 5.38 Å². The van der Waals surface area contributed by atoms with E-state index in [0.717, 1.165) is 31.6 Å². The number of nitrogens with zero attached hydrogens (tertiary/aromatic N) is 2. The summed E-state index contributed by atoms with van der Waals surface area (Å²) in [6.07, 6.45) is 2.03. The van der Waals surface area contributed by atoms with E-state index in [9.17, 15) is 0 Å². The molecule has 1 aromatic rings. The Bertz CT molecular complexity index is 264. The third-order valence-electron chi connectivity index (χ3n) is 2.49. The Morgan fingerprint density at radius 1 is 1.50 bits per heavy atom. The zero-order chi connectivity index (χ0) is 11.8. The van der Waals surface area contributed by atoms with Crippen molar-refractivity contribution in [3.63, 3.8) is 0 Å². The van der Waals surface area contributed by atoms with Crippen LogP contribution in [-0.2, 0) is 6.54 Å². The molecule has 0 amide bonds. The number of nitrogens with one attached hydrogen (secondary N) is 1. The van der Waals surface area contributed by atoms with E-state index >= 15 is 0 Å². The number of aliphatic hydroxyl groups excluding tert-OH is 1. The highest BCUT2D eigenvalue weighted by Crippen LogP contribution is 2.14. The second-order valence-corrected chi connectivity index (χ2v) is 5.14. The van der Waals surface area contributed by atoms with E-state index in [-0.39, 0.29) is 6.61 Å². The summed E-state index contributed by atoms with van der Waals surface area (Å²) >= 11 is 1.38. The molecule has 0 fully saturated rings. The molecule has 0 aliphatic rings. The van der Waals surface area contributed by atoms with Crippen LogP contribution >= 0.6 is 11.5 Å². The molecule has 1 unspecified atom stereocenters. The molecule has 0 aliphatic heterocycles. The van der Waals surface area contributed by atoms with Crippen molar-refractivity contribution in [2.75, 3.05) is 13.2 Å². The second kappa shape index (κ2) is 7.70. The van der Waals surface area contributed by atoms with Gasteiger partial charge in [-0.2, -0.15) is 0 Å². The van der Waals surface area contributed by atoms with Gasteiger partial charge in [-0.25, -0.2) is 0 Å². The van der Waals surface area contributed by atoms with Crippen molar-refractivity contribution < 1.29 is 5.11 Å². The topological polar surface area (TPSA) is 58.0 Å². The Labute approximate surface area is 101 Å².